The summed E-state index contributed by atoms with van der Waals surface area (Å²) >= 11 is 0. The Labute approximate surface area is 157 Å². The van der Waals surface area contributed by atoms with Crippen LogP contribution >= 0.6 is 0 Å². The number of methoxy groups -OCH3 is 1. The van der Waals surface area contributed by atoms with Gasteiger partial charge in [-0.2, -0.15) is 0 Å². The second kappa shape index (κ2) is 7.27. The lowest BCUT2D eigenvalue weighted by Gasteiger charge is -2.15. The number of carbonyl (C=O) groups excluding carboxylic acids is 1. The van der Waals surface area contributed by atoms with Gasteiger partial charge in [0.2, 0.25) is 0 Å². The second-order valence-corrected chi connectivity index (χ2v) is 6.92. The Morgan fingerprint density at radius 3 is 2.37 bits per heavy atom. The highest BCUT2D eigenvalue weighted by Gasteiger charge is 2.21. The molecule has 138 valence electrons. The van der Waals surface area contributed by atoms with E-state index in [1.807, 2.05) is 30.3 Å². The lowest BCUT2D eigenvalue weighted by atomic mass is 10.1. The largest absolute Gasteiger partial charge is 0.497 e. The molecule has 0 radical (unpaired) electrons. The topological polar surface area (TPSA) is 60.3 Å². The molecule has 5 heteroatoms. The van der Waals surface area contributed by atoms with Crippen LogP contribution in [0.15, 0.2) is 59.5 Å². The molecular formula is C22H22N2O3. The van der Waals surface area contributed by atoms with E-state index in [0.717, 1.165) is 25.7 Å². The van der Waals surface area contributed by atoms with Crippen LogP contribution in [0.4, 0.5) is 0 Å². The maximum Gasteiger partial charge on any atom is 0.262 e. The molecule has 1 N–H and O–H groups in total. The monoisotopic (exact) mass is 362 g/mol. The molecule has 0 aliphatic heterocycles. The molecule has 2 aromatic carbocycles. The molecule has 1 saturated carbocycles. The van der Waals surface area contributed by atoms with Crippen molar-refractivity contribution in [2.24, 2.45) is 0 Å². The van der Waals surface area contributed by atoms with Crippen molar-refractivity contribution < 1.29 is 9.53 Å². The first-order valence-corrected chi connectivity index (χ1v) is 9.27. The van der Waals surface area contributed by atoms with Gasteiger partial charge in [-0.3, -0.25) is 14.2 Å². The molecule has 27 heavy (non-hydrogen) atoms. The van der Waals surface area contributed by atoms with Gasteiger partial charge in [0.15, 0.2) is 0 Å². The molecule has 4 rings (SSSR count). The van der Waals surface area contributed by atoms with E-state index in [9.17, 15) is 9.59 Å². The molecule has 0 saturated heterocycles. The number of benzene rings is 2. The fourth-order valence-corrected chi connectivity index (χ4v) is 3.74. The molecule has 0 unspecified atom stereocenters. The Morgan fingerprint density at radius 1 is 1.04 bits per heavy atom. The maximum atomic E-state index is 13.0. The van der Waals surface area contributed by atoms with Gasteiger partial charge < -0.3 is 10.1 Å². The summed E-state index contributed by atoms with van der Waals surface area (Å²) in [5, 5.41) is 4.35. The first-order valence-electron chi connectivity index (χ1n) is 9.27. The van der Waals surface area contributed by atoms with Crippen molar-refractivity contribution in [1.82, 2.24) is 9.88 Å². The van der Waals surface area contributed by atoms with Gasteiger partial charge in [-0.05, 0) is 43.2 Å². The van der Waals surface area contributed by atoms with Crippen LogP contribution < -0.4 is 15.6 Å². The molecule has 1 amide bonds. The number of nitrogens with zero attached hydrogens (tertiary/aromatic N) is 1. The number of rotatable bonds is 4. The normalized spacial score (nSPS) is 14.4. The zero-order valence-corrected chi connectivity index (χ0v) is 15.3. The fraction of sp³-hybridized carbons (Fsp3) is 0.273. The third-order valence-corrected chi connectivity index (χ3v) is 5.21. The van der Waals surface area contributed by atoms with Crippen molar-refractivity contribution in [2.75, 3.05) is 7.11 Å². The lowest BCUT2D eigenvalue weighted by molar-refractivity contribution is 0.0939. The van der Waals surface area contributed by atoms with E-state index in [4.69, 9.17) is 4.74 Å². The van der Waals surface area contributed by atoms with E-state index in [1.54, 1.807) is 31.5 Å². The Bertz CT molecular complexity index is 1030. The molecule has 1 aliphatic carbocycles. The summed E-state index contributed by atoms with van der Waals surface area (Å²) in [6.45, 7) is 0. The van der Waals surface area contributed by atoms with Crippen molar-refractivity contribution in [3.05, 3.63) is 70.6 Å². The van der Waals surface area contributed by atoms with Gasteiger partial charge in [0.1, 0.15) is 5.75 Å². The SMILES string of the molecule is COc1ccc(-n2cc(C(=O)NC3CCCC3)c3ccccc3c2=O)cc1. The molecular weight excluding hydrogens is 340 g/mol. The summed E-state index contributed by atoms with van der Waals surface area (Å²) in [4.78, 5) is 26.0. The number of pyridine rings is 1. The number of hydrogen-bond acceptors (Lipinski definition) is 3. The quantitative estimate of drug-likeness (QED) is 0.770. The maximum absolute atomic E-state index is 13.0. The fourth-order valence-electron chi connectivity index (χ4n) is 3.74. The van der Waals surface area contributed by atoms with Gasteiger partial charge in [-0.1, -0.05) is 31.0 Å². The zero-order chi connectivity index (χ0) is 18.8. The summed E-state index contributed by atoms with van der Waals surface area (Å²) in [6.07, 6.45) is 5.98. The Balaban J connectivity index is 1.83. The van der Waals surface area contributed by atoms with Gasteiger partial charge in [0.25, 0.3) is 11.5 Å². The average Bonchev–Trinajstić information content (AvgIpc) is 3.21. The van der Waals surface area contributed by atoms with Crippen molar-refractivity contribution in [2.45, 2.75) is 31.7 Å². The van der Waals surface area contributed by atoms with Crippen LogP contribution in [0.2, 0.25) is 0 Å². The summed E-state index contributed by atoms with van der Waals surface area (Å²) in [5.41, 5.74) is 1.07. The Hall–Kier alpha value is -3.08. The Kier molecular flexibility index (Phi) is 4.67. The predicted molar refractivity (Wildman–Crippen MR) is 106 cm³/mol. The molecule has 3 aromatic rings. The molecule has 0 bridgehead atoms. The number of carbonyl (C=O) groups is 1. The number of hydrogen-bond donors (Lipinski definition) is 1. The van der Waals surface area contributed by atoms with E-state index < -0.39 is 0 Å². The predicted octanol–water partition coefficient (Wildman–Crippen LogP) is 3.67. The molecule has 1 aromatic heterocycles. The zero-order valence-electron chi connectivity index (χ0n) is 15.3. The van der Waals surface area contributed by atoms with Crippen molar-refractivity contribution in [1.29, 1.82) is 0 Å². The minimum atomic E-state index is -0.145. The number of nitrogens with one attached hydrogen (secondary N) is 1. The van der Waals surface area contributed by atoms with E-state index in [2.05, 4.69) is 5.32 Å². The highest BCUT2D eigenvalue weighted by atomic mass is 16.5. The second-order valence-electron chi connectivity index (χ2n) is 6.92. The molecule has 1 fully saturated rings. The van der Waals surface area contributed by atoms with Gasteiger partial charge in [0, 0.05) is 28.7 Å². The molecule has 0 spiro atoms. The minimum Gasteiger partial charge on any atom is -0.497 e. The van der Waals surface area contributed by atoms with Crippen molar-refractivity contribution in [3.63, 3.8) is 0 Å². The van der Waals surface area contributed by atoms with E-state index in [0.29, 0.717) is 27.8 Å². The molecule has 1 heterocycles. The summed E-state index contributed by atoms with van der Waals surface area (Å²) in [7, 11) is 1.60. The minimum absolute atomic E-state index is 0.125. The van der Waals surface area contributed by atoms with Gasteiger partial charge >= 0.3 is 0 Å². The van der Waals surface area contributed by atoms with Gasteiger partial charge in [-0.15, -0.1) is 0 Å². The molecule has 5 nitrogen and oxygen atoms in total. The van der Waals surface area contributed by atoms with Gasteiger partial charge in [0.05, 0.1) is 12.7 Å². The Morgan fingerprint density at radius 2 is 1.70 bits per heavy atom. The number of ether oxygens (including phenoxy) is 1. The van der Waals surface area contributed by atoms with Crippen LogP contribution in [-0.2, 0) is 0 Å². The first-order chi connectivity index (χ1) is 13.2. The third kappa shape index (κ3) is 3.33. The number of fused-ring (bicyclic) bond motifs is 1. The van der Waals surface area contributed by atoms with E-state index in [1.165, 1.54) is 4.57 Å². The van der Waals surface area contributed by atoms with Crippen LogP contribution in [-0.4, -0.2) is 23.6 Å². The van der Waals surface area contributed by atoms with E-state index in [-0.39, 0.29) is 17.5 Å². The van der Waals surface area contributed by atoms with Crippen LogP contribution in [0.5, 0.6) is 5.75 Å². The summed E-state index contributed by atoms with van der Waals surface area (Å²) in [6, 6.07) is 14.7. The summed E-state index contributed by atoms with van der Waals surface area (Å²) < 4.78 is 6.72. The van der Waals surface area contributed by atoms with Gasteiger partial charge in [-0.25, -0.2) is 0 Å². The first kappa shape index (κ1) is 17.3. The van der Waals surface area contributed by atoms with Crippen LogP contribution in [0.1, 0.15) is 36.0 Å². The average molecular weight is 362 g/mol. The third-order valence-electron chi connectivity index (χ3n) is 5.21. The highest BCUT2D eigenvalue weighted by molar-refractivity contribution is 6.06. The number of amides is 1. The smallest absolute Gasteiger partial charge is 0.262 e. The van der Waals surface area contributed by atoms with Crippen LogP contribution in [0, 0.1) is 0 Å². The van der Waals surface area contributed by atoms with Crippen molar-refractivity contribution >= 4 is 16.7 Å². The highest BCUT2D eigenvalue weighted by Crippen LogP contribution is 2.22. The molecule has 0 atom stereocenters. The number of aromatic nitrogens is 1. The van der Waals surface area contributed by atoms with E-state index >= 15 is 0 Å². The molecule has 1 aliphatic rings. The lowest BCUT2D eigenvalue weighted by Crippen LogP contribution is -2.34. The van der Waals surface area contributed by atoms with Crippen molar-refractivity contribution in [3.8, 4) is 11.4 Å². The van der Waals surface area contributed by atoms with Crippen LogP contribution in [0.3, 0.4) is 0 Å². The standard InChI is InChI=1S/C22H22N2O3/c1-27-17-12-10-16(11-13-17)24-14-20(21(25)23-15-6-2-3-7-15)18-8-4-5-9-19(18)22(24)26/h4-5,8-15H,2-3,6-7H2,1H3,(H,23,25). The summed E-state index contributed by atoms with van der Waals surface area (Å²) in [5.74, 6) is 0.590. The van der Waals surface area contributed by atoms with Crippen LogP contribution in [0.25, 0.3) is 16.5 Å².